The summed E-state index contributed by atoms with van der Waals surface area (Å²) in [4.78, 5) is 16.6. The molecule has 2 rings (SSSR count). The Morgan fingerprint density at radius 3 is 2.20 bits per heavy atom. The quantitative estimate of drug-likeness (QED) is 0.801. The number of amides is 1. The van der Waals surface area contributed by atoms with Crippen LogP contribution in [-0.2, 0) is 14.8 Å². The molecule has 1 saturated heterocycles. The van der Waals surface area contributed by atoms with E-state index < -0.39 is 10.0 Å². The Morgan fingerprint density at radius 1 is 1.16 bits per heavy atom. The van der Waals surface area contributed by atoms with Gasteiger partial charge in [0.15, 0.2) is 0 Å². The summed E-state index contributed by atoms with van der Waals surface area (Å²) in [5.74, 6) is -0.316. The highest BCUT2D eigenvalue weighted by molar-refractivity contribution is 7.92. The van der Waals surface area contributed by atoms with E-state index in [1.807, 2.05) is 26.0 Å². The number of piperazine rings is 1. The first kappa shape index (κ1) is 19.5. The van der Waals surface area contributed by atoms with Crippen molar-refractivity contribution in [1.82, 2.24) is 10.2 Å². The van der Waals surface area contributed by atoms with E-state index in [4.69, 9.17) is 0 Å². The Bertz CT molecular complexity index is 680. The molecule has 0 saturated carbocycles. The molecule has 1 N–H and O–H groups in total. The van der Waals surface area contributed by atoms with Gasteiger partial charge in [-0.15, -0.1) is 0 Å². The van der Waals surface area contributed by atoms with E-state index in [1.54, 1.807) is 12.1 Å². The minimum atomic E-state index is -3.54. The fraction of sp³-hybridized carbons (Fsp3) is 0.588. The summed E-state index contributed by atoms with van der Waals surface area (Å²) in [6, 6.07) is 7.32. The van der Waals surface area contributed by atoms with Crippen LogP contribution in [0.5, 0.6) is 0 Å². The molecule has 1 aromatic carbocycles. The molecule has 0 radical (unpaired) electrons. The number of anilines is 2. The van der Waals surface area contributed by atoms with Gasteiger partial charge in [0.05, 0.1) is 11.9 Å². The number of hydrogen-bond donors (Lipinski definition) is 1. The lowest BCUT2D eigenvalue weighted by Crippen LogP contribution is -2.44. The predicted molar refractivity (Wildman–Crippen MR) is 102 cm³/mol. The van der Waals surface area contributed by atoms with Crippen molar-refractivity contribution < 1.29 is 13.2 Å². The van der Waals surface area contributed by atoms with Gasteiger partial charge >= 0.3 is 0 Å². The third-order valence-electron chi connectivity index (χ3n) is 4.14. The fourth-order valence-electron chi connectivity index (χ4n) is 2.79. The summed E-state index contributed by atoms with van der Waals surface area (Å²) in [6.45, 7) is 7.37. The van der Waals surface area contributed by atoms with Crippen LogP contribution in [0.4, 0.5) is 11.4 Å². The SMILES string of the molecule is CC(C)NC(=O)CN(c1ccc(N2CCN(C)CC2)cc1)S(C)(=O)=O. The number of nitrogens with one attached hydrogen (secondary N) is 1. The lowest BCUT2D eigenvalue weighted by atomic mass is 10.2. The number of nitrogens with zero attached hydrogens (tertiary/aromatic N) is 3. The highest BCUT2D eigenvalue weighted by atomic mass is 32.2. The second-order valence-corrected chi connectivity index (χ2v) is 8.71. The highest BCUT2D eigenvalue weighted by Crippen LogP contribution is 2.23. The van der Waals surface area contributed by atoms with Gasteiger partial charge in [0.1, 0.15) is 6.54 Å². The Balaban J connectivity index is 2.14. The summed E-state index contributed by atoms with van der Waals surface area (Å²) in [5.41, 5.74) is 1.57. The average molecular weight is 369 g/mol. The van der Waals surface area contributed by atoms with Crippen LogP contribution in [0.25, 0.3) is 0 Å². The lowest BCUT2D eigenvalue weighted by molar-refractivity contribution is -0.120. The van der Waals surface area contributed by atoms with Crippen LogP contribution in [0.1, 0.15) is 13.8 Å². The molecule has 0 spiro atoms. The predicted octanol–water partition coefficient (Wildman–Crippen LogP) is 0.729. The molecule has 8 heteroatoms. The van der Waals surface area contributed by atoms with Gasteiger partial charge in [-0.1, -0.05) is 0 Å². The molecule has 1 aromatic rings. The van der Waals surface area contributed by atoms with Crippen LogP contribution in [0.2, 0.25) is 0 Å². The standard InChI is InChI=1S/C17H28N4O3S/c1-14(2)18-17(22)13-21(25(4,23)24)16-7-5-15(6-8-16)20-11-9-19(3)10-12-20/h5-8,14H,9-13H2,1-4H3,(H,18,22). The highest BCUT2D eigenvalue weighted by Gasteiger charge is 2.22. The van der Waals surface area contributed by atoms with Gasteiger partial charge in [-0.3, -0.25) is 9.10 Å². The van der Waals surface area contributed by atoms with E-state index in [0.717, 1.165) is 42.4 Å². The minimum Gasteiger partial charge on any atom is -0.369 e. The molecular weight excluding hydrogens is 340 g/mol. The molecule has 1 fully saturated rings. The molecule has 1 aliphatic rings. The van der Waals surface area contributed by atoms with Gasteiger partial charge < -0.3 is 15.1 Å². The Hall–Kier alpha value is -1.80. The van der Waals surface area contributed by atoms with Crippen molar-refractivity contribution in [2.24, 2.45) is 0 Å². The Labute approximate surface area is 150 Å². The average Bonchev–Trinajstić information content (AvgIpc) is 2.52. The molecule has 0 unspecified atom stereocenters. The van der Waals surface area contributed by atoms with Gasteiger partial charge in [-0.2, -0.15) is 0 Å². The van der Waals surface area contributed by atoms with Crippen molar-refractivity contribution in [2.75, 3.05) is 55.2 Å². The maximum atomic E-state index is 12.1. The molecule has 1 heterocycles. The zero-order chi connectivity index (χ0) is 18.6. The number of hydrogen-bond acceptors (Lipinski definition) is 5. The first-order valence-electron chi connectivity index (χ1n) is 8.47. The van der Waals surface area contributed by atoms with Crippen LogP contribution in [0, 0.1) is 0 Å². The zero-order valence-corrected chi connectivity index (χ0v) is 16.2. The minimum absolute atomic E-state index is 0.0338. The van der Waals surface area contributed by atoms with E-state index in [-0.39, 0.29) is 18.5 Å². The Morgan fingerprint density at radius 2 is 1.72 bits per heavy atom. The van der Waals surface area contributed by atoms with Crippen molar-refractivity contribution in [2.45, 2.75) is 19.9 Å². The zero-order valence-electron chi connectivity index (χ0n) is 15.4. The first-order valence-corrected chi connectivity index (χ1v) is 10.3. The van der Waals surface area contributed by atoms with E-state index in [9.17, 15) is 13.2 Å². The van der Waals surface area contributed by atoms with Crippen molar-refractivity contribution in [3.8, 4) is 0 Å². The van der Waals surface area contributed by atoms with E-state index in [2.05, 4.69) is 22.2 Å². The van der Waals surface area contributed by atoms with Gasteiger partial charge in [0.2, 0.25) is 15.9 Å². The van der Waals surface area contributed by atoms with Crippen LogP contribution < -0.4 is 14.5 Å². The normalized spacial score (nSPS) is 16.1. The number of carbonyl (C=O) groups excluding carboxylic acids is 1. The largest absolute Gasteiger partial charge is 0.369 e. The first-order chi connectivity index (χ1) is 11.7. The smallest absolute Gasteiger partial charge is 0.240 e. The molecule has 0 aliphatic carbocycles. The molecule has 0 atom stereocenters. The molecule has 1 amide bonds. The van der Waals surface area contributed by atoms with Crippen LogP contribution in [0.3, 0.4) is 0 Å². The second-order valence-electron chi connectivity index (χ2n) is 6.80. The second kappa shape index (κ2) is 8.05. The third-order valence-corrected chi connectivity index (χ3v) is 5.28. The van der Waals surface area contributed by atoms with Crippen LogP contribution in [-0.4, -0.2) is 71.3 Å². The molecule has 25 heavy (non-hydrogen) atoms. The number of sulfonamides is 1. The number of carbonyl (C=O) groups is 1. The van der Waals surface area contributed by atoms with E-state index >= 15 is 0 Å². The van der Waals surface area contributed by atoms with Crippen molar-refractivity contribution >= 4 is 27.3 Å². The van der Waals surface area contributed by atoms with Gasteiger partial charge in [-0.05, 0) is 45.2 Å². The summed E-state index contributed by atoms with van der Waals surface area (Å²) in [7, 11) is -1.44. The molecule has 140 valence electrons. The number of likely N-dealkylation sites (N-methyl/N-ethyl adjacent to an activating group) is 1. The topological polar surface area (TPSA) is 73.0 Å². The van der Waals surface area contributed by atoms with Crippen molar-refractivity contribution in [3.63, 3.8) is 0 Å². The van der Waals surface area contributed by atoms with E-state index in [0.29, 0.717) is 5.69 Å². The number of benzene rings is 1. The maximum Gasteiger partial charge on any atom is 0.240 e. The molecule has 7 nitrogen and oxygen atoms in total. The summed E-state index contributed by atoms with van der Waals surface area (Å²) < 4.78 is 25.3. The fourth-order valence-corrected chi connectivity index (χ4v) is 3.65. The van der Waals surface area contributed by atoms with Gasteiger partial charge in [-0.25, -0.2) is 8.42 Å². The molecule has 0 bridgehead atoms. The Kier molecular flexibility index (Phi) is 6.29. The summed E-state index contributed by atoms with van der Waals surface area (Å²) in [6.07, 6.45) is 1.12. The maximum absolute atomic E-state index is 12.1. The monoisotopic (exact) mass is 368 g/mol. The van der Waals surface area contributed by atoms with Crippen LogP contribution in [0.15, 0.2) is 24.3 Å². The van der Waals surface area contributed by atoms with Gasteiger partial charge in [0, 0.05) is 37.9 Å². The summed E-state index contributed by atoms with van der Waals surface area (Å²) in [5, 5.41) is 2.72. The lowest BCUT2D eigenvalue weighted by Gasteiger charge is -2.34. The van der Waals surface area contributed by atoms with E-state index in [1.165, 1.54) is 0 Å². The molecule has 1 aliphatic heterocycles. The van der Waals surface area contributed by atoms with Gasteiger partial charge in [0.25, 0.3) is 0 Å². The van der Waals surface area contributed by atoms with Crippen molar-refractivity contribution in [1.29, 1.82) is 0 Å². The van der Waals surface area contributed by atoms with Crippen LogP contribution >= 0.6 is 0 Å². The third kappa shape index (κ3) is 5.61. The molecule has 0 aromatic heterocycles. The summed E-state index contributed by atoms with van der Waals surface area (Å²) >= 11 is 0. The van der Waals surface area contributed by atoms with Crippen molar-refractivity contribution in [3.05, 3.63) is 24.3 Å². The number of rotatable bonds is 6. The molecular formula is C17H28N4O3S.